The number of ether oxygens (including phenoxy) is 1. The SMILES string of the molecule is NCCCC[C@H](NC(=O)[C@H](Cc1ccc(O)cc1)NC(=O)[C@H](CCCCN)NC(=O)[C@H](Cc1ccc(O)cc1)NC(=O)[C@H](CCCCN)NC(=O)[C@H](Cc1ccc(O)cc1)NC(=O)[C@H](Cc1ccc([10B](O)O)cc1)NC(=O)OCC1c2ccccc2-c2ccccc21)C(=O)N[C@@H](Cc1ccc(O)cc1)C(=O)O. The first-order valence-corrected chi connectivity index (χ1v) is 35.6. The van der Waals surface area contributed by atoms with Gasteiger partial charge >= 0.3 is 19.2 Å². The molecule has 0 saturated carbocycles. The number of amides is 8. The molecule has 0 fully saturated rings. The Kier molecular flexibility index (Phi) is 31.0. The van der Waals surface area contributed by atoms with E-state index in [1.807, 2.05) is 48.5 Å². The van der Waals surface area contributed by atoms with Crippen molar-refractivity contribution in [2.75, 3.05) is 26.2 Å². The van der Waals surface area contributed by atoms with Crippen molar-refractivity contribution in [3.63, 3.8) is 0 Å². The Morgan fingerprint density at radius 2 is 0.607 bits per heavy atom. The lowest BCUT2D eigenvalue weighted by Crippen LogP contribution is -2.61. The number of carboxylic acids is 1. The molecule has 0 saturated heterocycles. The van der Waals surface area contributed by atoms with Crippen LogP contribution in [0.5, 0.6) is 23.0 Å². The van der Waals surface area contributed by atoms with Gasteiger partial charge in [0.2, 0.25) is 41.4 Å². The first-order valence-electron chi connectivity index (χ1n) is 35.6. The van der Waals surface area contributed by atoms with Crippen LogP contribution in [0.3, 0.4) is 0 Å². The Morgan fingerprint density at radius 1 is 0.346 bits per heavy atom. The van der Waals surface area contributed by atoms with Crippen molar-refractivity contribution in [3.8, 4) is 34.1 Å². The van der Waals surface area contributed by atoms with Crippen LogP contribution in [0.15, 0.2) is 170 Å². The molecule has 8 rings (SSSR count). The fourth-order valence-corrected chi connectivity index (χ4v) is 12.5. The summed E-state index contributed by atoms with van der Waals surface area (Å²) in [5.41, 5.74) is 23.9. The van der Waals surface area contributed by atoms with Crippen LogP contribution in [0.2, 0.25) is 0 Å². The highest BCUT2D eigenvalue weighted by molar-refractivity contribution is 6.58. The number of aromatic hydroxyl groups is 4. The van der Waals surface area contributed by atoms with E-state index < -0.39 is 109 Å². The highest BCUT2D eigenvalue weighted by atomic mass is 16.5. The Labute approximate surface area is 619 Å². The minimum absolute atomic E-state index is 0.0101. The van der Waals surface area contributed by atoms with Gasteiger partial charge in [-0.25, -0.2) is 9.59 Å². The van der Waals surface area contributed by atoms with Crippen LogP contribution >= 0.6 is 0 Å². The van der Waals surface area contributed by atoms with Gasteiger partial charge in [-0.2, -0.15) is 0 Å². The molecule has 21 N–H and O–H groups in total. The number of aliphatic carboxylic acids is 1. The molecular formula is C78H94BN11O17. The predicted octanol–water partition coefficient (Wildman–Crippen LogP) is 2.47. The molecule has 0 radical (unpaired) electrons. The van der Waals surface area contributed by atoms with Gasteiger partial charge in [0.25, 0.3) is 0 Å². The molecule has 0 aliphatic heterocycles. The molecule has 0 aromatic heterocycles. The number of nitrogens with two attached hydrogens (primary N) is 3. The van der Waals surface area contributed by atoms with Gasteiger partial charge in [0.1, 0.15) is 77.9 Å². The molecule has 7 aromatic carbocycles. The van der Waals surface area contributed by atoms with E-state index in [4.69, 9.17) is 21.9 Å². The van der Waals surface area contributed by atoms with Crippen LogP contribution < -0.4 is 65.2 Å². The second-order valence-electron chi connectivity index (χ2n) is 26.4. The monoisotopic (exact) mass is 1470 g/mol. The van der Waals surface area contributed by atoms with E-state index in [-0.39, 0.29) is 125 Å². The number of carbonyl (C=O) groups is 9. The van der Waals surface area contributed by atoms with E-state index in [1.165, 1.54) is 121 Å². The number of carbonyl (C=O) groups excluding carboxylic acids is 8. The molecule has 1 aliphatic carbocycles. The average Bonchev–Trinajstić information content (AvgIpc) is 1.61. The normalized spacial score (nSPS) is 13.8. The van der Waals surface area contributed by atoms with Crippen molar-refractivity contribution < 1.29 is 83.5 Å². The number of nitrogens with one attached hydrogen (secondary N) is 8. The number of phenols is 4. The van der Waals surface area contributed by atoms with E-state index >= 15 is 14.4 Å². The third-order valence-corrected chi connectivity index (χ3v) is 18.4. The summed E-state index contributed by atoms with van der Waals surface area (Å²) in [5.74, 6) is -8.35. The first kappa shape index (κ1) is 81.3. The first-order chi connectivity index (χ1) is 51.5. The van der Waals surface area contributed by atoms with Crippen molar-refractivity contribution in [2.45, 2.75) is 144 Å². The molecule has 28 nitrogen and oxygen atoms in total. The van der Waals surface area contributed by atoms with E-state index in [9.17, 15) is 64.3 Å². The number of hydrogen-bond acceptors (Lipinski definition) is 19. The summed E-state index contributed by atoms with van der Waals surface area (Å²) >= 11 is 0. The maximum atomic E-state index is 15.1. The summed E-state index contributed by atoms with van der Waals surface area (Å²) in [7, 11) is -1.81. The summed E-state index contributed by atoms with van der Waals surface area (Å²) in [6.45, 7) is 0.476. The van der Waals surface area contributed by atoms with Crippen LogP contribution in [0.1, 0.15) is 103 Å². The highest BCUT2D eigenvalue weighted by Crippen LogP contribution is 2.44. The van der Waals surface area contributed by atoms with E-state index in [1.54, 1.807) is 0 Å². The number of alkyl carbamates (subject to hydrolysis) is 1. The van der Waals surface area contributed by atoms with Gasteiger partial charge in [-0.15, -0.1) is 0 Å². The lowest BCUT2D eigenvalue weighted by atomic mass is 9.26. The zero-order valence-electron chi connectivity index (χ0n) is 59.1. The van der Waals surface area contributed by atoms with Gasteiger partial charge in [-0.1, -0.05) is 121 Å². The van der Waals surface area contributed by atoms with Gasteiger partial charge in [0.15, 0.2) is 0 Å². The number of phenolic OH excluding ortho intramolecular Hbond substituents is 4. The molecule has 7 aromatic rings. The molecule has 566 valence electrons. The summed E-state index contributed by atoms with van der Waals surface area (Å²) < 4.78 is 5.88. The zero-order chi connectivity index (χ0) is 76.9. The maximum absolute atomic E-state index is 15.1. The second kappa shape index (κ2) is 40.8. The summed E-state index contributed by atoms with van der Waals surface area (Å²) in [4.78, 5) is 131. The predicted molar refractivity (Wildman–Crippen MR) is 399 cm³/mol. The smallest absolute Gasteiger partial charge is 0.488 e. The quantitative estimate of drug-likeness (QED) is 0.0193. The Balaban J connectivity index is 1.05. The van der Waals surface area contributed by atoms with Gasteiger partial charge in [-0.05, 0) is 181 Å². The molecule has 8 amide bonds. The molecule has 29 heteroatoms. The topological polar surface area (TPSA) is 479 Å². The Hall–Kier alpha value is -11.4. The zero-order valence-corrected chi connectivity index (χ0v) is 59.1. The van der Waals surface area contributed by atoms with Crippen molar-refractivity contribution >= 4 is 66.0 Å². The third kappa shape index (κ3) is 24.9. The van der Waals surface area contributed by atoms with Crippen LogP contribution in [0.4, 0.5) is 4.79 Å². The number of hydrogen-bond donors (Lipinski definition) is 18. The molecule has 0 bridgehead atoms. The van der Waals surface area contributed by atoms with Gasteiger partial charge in [0.05, 0.1) is 0 Å². The van der Waals surface area contributed by atoms with Crippen molar-refractivity contribution in [2.24, 2.45) is 17.2 Å². The van der Waals surface area contributed by atoms with Crippen LogP contribution in [0.25, 0.3) is 11.1 Å². The van der Waals surface area contributed by atoms with Crippen molar-refractivity contribution in [1.82, 2.24) is 42.5 Å². The fraction of sp³-hybridized carbons (Fsp3) is 0.346. The molecule has 0 heterocycles. The molecule has 0 spiro atoms. The molecular weight excluding hydrogens is 1370 g/mol. The summed E-state index contributed by atoms with van der Waals surface area (Å²) in [5, 5.41) is 92.2. The van der Waals surface area contributed by atoms with Gasteiger partial charge in [-0.3, -0.25) is 33.6 Å². The van der Waals surface area contributed by atoms with E-state index in [0.29, 0.717) is 53.5 Å². The van der Waals surface area contributed by atoms with Crippen molar-refractivity contribution in [3.05, 3.63) is 209 Å². The number of fused-ring (bicyclic) bond motifs is 3. The van der Waals surface area contributed by atoms with Gasteiger partial charge < -0.3 is 100 Å². The average molecular weight is 1470 g/mol. The van der Waals surface area contributed by atoms with Crippen LogP contribution in [-0.4, -0.2) is 171 Å². The van der Waals surface area contributed by atoms with E-state index in [2.05, 4.69) is 42.5 Å². The van der Waals surface area contributed by atoms with Crippen molar-refractivity contribution in [1.29, 1.82) is 0 Å². The molecule has 8 atom stereocenters. The highest BCUT2D eigenvalue weighted by Gasteiger charge is 2.37. The lowest BCUT2D eigenvalue weighted by molar-refractivity contribution is -0.142. The lowest BCUT2D eigenvalue weighted by Gasteiger charge is -2.28. The minimum Gasteiger partial charge on any atom is -0.508 e. The molecule has 0 unspecified atom stereocenters. The second-order valence-corrected chi connectivity index (χ2v) is 26.4. The van der Waals surface area contributed by atoms with E-state index in [0.717, 1.165) is 22.3 Å². The van der Waals surface area contributed by atoms with Crippen LogP contribution in [0, 0.1) is 0 Å². The van der Waals surface area contributed by atoms with Gasteiger partial charge in [0, 0.05) is 38.0 Å². The minimum atomic E-state index is -1.81. The third-order valence-electron chi connectivity index (χ3n) is 18.4. The number of carboxylic acid groups (broad SMARTS) is 1. The number of unbranched alkanes of at least 4 members (excludes halogenated alkanes) is 3. The maximum Gasteiger partial charge on any atom is 0.488 e. The fourth-order valence-electron chi connectivity index (χ4n) is 12.5. The van der Waals surface area contributed by atoms with Crippen LogP contribution in [-0.2, 0) is 75.2 Å². The standard InChI is InChI=1S/C78H94BN11O17/c80-38-8-5-15-62(70(95)87-66(42-49-22-32-54(92)33-23-49)74(99)85-64(17-7-10-40-82)72(97)89-69(77(102)103)45-51-26-36-56(94)37-27-51)83-73(98)65(41-48-20-30-53(91)31-21-48)86-71(96)63(16-6-9-39-81)84-75(100)67(43-50-24-34-55(93)35-25-50)88-76(101)68(44-47-18-28-52(29-19-47)79(105)106)90-78(104)107-46-61-59-13-3-1-11-57(59)58-12-2-4-14-60(58)61/h1-4,11-14,18-37,61-69,91-94,105-106H,5-10,15-17,38-46,80-82H2,(H,83,98)(H,84,100)(H,85,99)(H,86,96)(H,87,95)(H,88,101)(H,89,97)(H,90,104)(H,102,103)/t62-,63-,64-,65-,66-,67-,68-,69-/m0/s1/i79-1. The number of benzene rings is 7. The Morgan fingerprint density at radius 3 is 0.907 bits per heavy atom. The summed E-state index contributed by atoms with van der Waals surface area (Å²) in [6.07, 6.45) is -0.295. The largest absolute Gasteiger partial charge is 0.508 e. The molecule has 107 heavy (non-hydrogen) atoms. The molecule has 1 aliphatic rings. The summed E-state index contributed by atoms with van der Waals surface area (Å²) in [6, 6.07) is 32.5. The Bertz CT molecular complexity index is 4070. The number of rotatable bonds is 41.